The second kappa shape index (κ2) is 61.1. The first kappa shape index (κ1) is 69.6. The van der Waals surface area contributed by atoms with Crippen LogP contribution in [0.15, 0.2) is 85.1 Å². The predicted molar refractivity (Wildman–Crippen MR) is 316 cm³/mol. The number of rotatable bonds is 56. The van der Waals surface area contributed by atoms with Gasteiger partial charge in [-0.3, -0.25) is 14.4 Å². The van der Waals surface area contributed by atoms with Crippen LogP contribution in [0.2, 0.25) is 0 Å². The van der Waals surface area contributed by atoms with E-state index in [1.165, 1.54) is 154 Å². The van der Waals surface area contributed by atoms with Crippen LogP contribution in [-0.2, 0) is 28.6 Å². The van der Waals surface area contributed by atoms with Gasteiger partial charge in [-0.05, 0) is 96.3 Å². The molecule has 0 aliphatic heterocycles. The van der Waals surface area contributed by atoms with E-state index in [2.05, 4.69) is 106 Å². The fourth-order valence-electron chi connectivity index (χ4n) is 8.74. The number of unbranched alkanes of at least 4 members (excludes halogenated alkanes) is 31. The summed E-state index contributed by atoms with van der Waals surface area (Å²) >= 11 is 0. The molecule has 0 amide bonds. The van der Waals surface area contributed by atoms with Crippen LogP contribution in [0, 0.1) is 0 Å². The van der Waals surface area contributed by atoms with Crippen LogP contribution in [0.25, 0.3) is 0 Å². The van der Waals surface area contributed by atoms with Crippen molar-refractivity contribution in [2.24, 2.45) is 0 Å². The molecule has 0 spiro atoms. The van der Waals surface area contributed by atoms with E-state index in [9.17, 15) is 14.4 Å². The van der Waals surface area contributed by atoms with E-state index in [4.69, 9.17) is 14.2 Å². The van der Waals surface area contributed by atoms with Crippen molar-refractivity contribution in [1.82, 2.24) is 0 Å². The fraction of sp³-hybridized carbons (Fsp3) is 0.746. The molecule has 0 radical (unpaired) electrons. The van der Waals surface area contributed by atoms with Crippen molar-refractivity contribution in [2.75, 3.05) is 13.2 Å². The van der Waals surface area contributed by atoms with Crippen LogP contribution in [0.4, 0.5) is 0 Å². The van der Waals surface area contributed by atoms with Gasteiger partial charge in [0.05, 0.1) is 0 Å². The maximum atomic E-state index is 12.9. The number of hydrogen-bond acceptors (Lipinski definition) is 6. The smallest absolute Gasteiger partial charge is 0.306 e. The Labute approximate surface area is 452 Å². The first-order valence-electron chi connectivity index (χ1n) is 31.1. The Balaban J connectivity index is 4.27. The topological polar surface area (TPSA) is 78.9 Å². The minimum Gasteiger partial charge on any atom is -0.462 e. The molecule has 6 nitrogen and oxygen atoms in total. The highest BCUT2D eigenvalue weighted by Gasteiger charge is 2.19. The van der Waals surface area contributed by atoms with Gasteiger partial charge in [0, 0.05) is 19.3 Å². The standard InChI is InChI=1S/C67H116O6/c1-4-7-10-13-16-19-21-23-25-27-29-31-32-33-34-36-37-39-41-43-45-48-51-54-57-60-66(69)72-63-64(62-71-65(68)59-56-53-50-47-18-15-12-9-6-3)73-67(70)61-58-55-52-49-46-44-42-40-38-35-30-28-26-24-22-20-17-14-11-8-5-2/h7,10,16,19,23,25,28-31,33-34,37,39,64H,4-6,8-9,11-15,17-18,20-22,24,26-27,32,35-36,38,40-63H2,1-3H3/b10-7-,19-16-,25-23-,30-28-,31-29-,34-33-,39-37-. The first-order chi connectivity index (χ1) is 36.0. The lowest BCUT2D eigenvalue weighted by Crippen LogP contribution is -2.30. The molecule has 0 aliphatic carbocycles. The van der Waals surface area contributed by atoms with E-state index >= 15 is 0 Å². The zero-order chi connectivity index (χ0) is 52.9. The highest BCUT2D eigenvalue weighted by molar-refractivity contribution is 5.71. The molecule has 0 aliphatic rings. The van der Waals surface area contributed by atoms with Crippen molar-refractivity contribution in [1.29, 1.82) is 0 Å². The third-order valence-electron chi connectivity index (χ3n) is 13.4. The van der Waals surface area contributed by atoms with E-state index < -0.39 is 6.10 Å². The third-order valence-corrected chi connectivity index (χ3v) is 13.4. The van der Waals surface area contributed by atoms with E-state index in [0.29, 0.717) is 19.3 Å². The zero-order valence-corrected chi connectivity index (χ0v) is 48.1. The lowest BCUT2D eigenvalue weighted by atomic mass is 10.1. The Morgan fingerprint density at radius 2 is 0.534 bits per heavy atom. The van der Waals surface area contributed by atoms with Crippen molar-refractivity contribution < 1.29 is 28.6 Å². The lowest BCUT2D eigenvalue weighted by molar-refractivity contribution is -0.167. The molecule has 0 saturated carbocycles. The number of esters is 3. The van der Waals surface area contributed by atoms with Crippen molar-refractivity contribution in [3.05, 3.63) is 85.1 Å². The summed E-state index contributed by atoms with van der Waals surface area (Å²) in [5.41, 5.74) is 0. The van der Waals surface area contributed by atoms with Gasteiger partial charge in [-0.1, -0.05) is 273 Å². The lowest BCUT2D eigenvalue weighted by Gasteiger charge is -2.18. The van der Waals surface area contributed by atoms with Crippen LogP contribution < -0.4 is 0 Å². The number of ether oxygens (including phenoxy) is 3. The van der Waals surface area contributed by atoms with E-state index in [1.807, 2.05) is 0 Å². The molecule has 0 aromatic heterocycles. The van der Waals surface area contributed by atoms with Crippen LogP contribution in [0.1, 0.15) is 303 Å². The van der Waals surface area contributed by atoms with Gasteiger partial charge in [0.15, 0.2) is 6.10 Å². The molecule has 0 heterocycles. The summed E-state index contributed by atoms with van der Waals surface area (Å²) in [5.74, 6) is -0.890. The van der Waals surface area contributed by atoms with Crippen molar-refractivity contribution >= 4 is 17.9 Å². The summed E-state index contributed by atoms with van der Waals surface area (Å²) in [5, 5.41) is 0. The zero-order valence-electron chi connectivity index (χ0n) is 48.1. The van der Waals surface area contributed by atoms with Gasteiger partial charge in [0.25, 0.3) is 0 Å². The molecule has 1 atom stereocenters. The SMILES string of the molecule is CC/C=C\C/C=C\C/C=C\C/C=C\C/C=C\C/C=C\CCCCCCCCC(=O)OCC(COC(=O)CCCCCCCCCCC)OC(=O)CCCCCCCCCCC/C=C\CCCCCCCCCC. The molecule has 0 rings (SSSR count). The van der Waals surface area contributed by atoms with Gasteiger partial charge in [0.2, 0.25) is 0 Å². The van der Waals surface area contributed by atoms with Gasteiger partial charge >= 0.3 is 17.9 Å². The van der Waals surface area contributed by atoms with Gasteiger partial charge in [-0.2, -0.15) is 0 Å². The second-order valence-corrected chi connectivity index (χ2v) is 20.6. The normalized spacial score (nSPS) is 12.6. The van der Waals surface area contributed by atoms with Gasteiger partial charge in [0.1, 0.15) is 13.2 Å². The highest BCUT2D eigenvalue weighted by atomic mass is 16.6. The van der Waals surface area contributed by atoms with E-state index in [-0.39, 0.29) is 31.1 Å². The second-order valence-electron chi connectivity index (χ2n) is 20.6. The minimum absolute atomic E-state index is 0.0799. The van der Waals surface area contributed by atoms with Crippen molar-refractivity contribution in [3.63, 3.8) is 0 Å². The molecular formula is C67H116O6. The predicted octanol–water partition coefficient (Wildman–Crippen LogP) is 21.1. The fourth-order valence-corrected chi connectivity index (χ4v) is 8.74. The summed E-state index contributed by atoms with van der Waals surface area (Å²) in [7, 11) is 0. The monoisotopic (exact) mass is 1020 g/mol. The summed E-state index contributed by atoms with van der Waals surface area (Å²) in [6, 6.07) is 0. The number of carbonyl (C=O) groups excluding carboxylic acids is 3. The number of allylic oxidation sites excluding steroid dienone is 14. The van der Waals surface area contributed by atoms with Crippen LogP contribution in [0.3, 0.4) is 0 Å². The Morgan fingerprint density at radius 3 is 0.849 bits per heavy atom. The molecule has 420 valence electrons. The molecule has 0 fully saturated rings. The van der Waals surface area contributed by atoms with Crippen molar-refractivity contribution in [3.8, 4) is 0 Å². The minimum atomic E-state index is -0.782. The number of carbonyl (C=O) groups is 3. The molecule has 6 heteroatoms. The molecule has 73 heavy (non-hydrogen) atoms. The summed E-state index contributed by atoms with van der Waals surface area (Å²) < 4.78 is 16.9. The summed E-state index contributed by atoms with van der Waals surface area (Å²) in [6.45, 7) is 6.52. The highest BCUT2D eigenvalue weighted by Crippen LogP contribution is 2.16. The third kappa shape index (κ3) is 59.3. The Hall–Kier alpha value is -3.41. The average Bonchev–Trinajstić information content (AvgIpc) is 3.39. The molecule has 0 N–H and O–H groups in total. The molecule has 1 unspecified atom stereocenters. The maximum Gasteiger partial charge on any atom is 0.306 e. The molecule has 0 saturated heterocycles. The van der Waals surface area contributed by atoms with Crippen LogP contribution >= 0.6 is 0 Å². The molecular weight excluding hydrogens is 901 g/mol. The van der Waals surface area contributed by atoms with Crippen LogP contribution in [0.5, 0.6) is 0 Å². The van der Waals surface area contributed by atoms with E-state index in [1.54, 1.807) is 0 Å². The number of hydrogen-bond donors (Lipinski definition) is 0. The van der Waals surface area contributed by atoms with Gasteiger partial charge in [-0.15, -0.1) is 0 Å². The Morgan fingerprint density at radius 1 is 0.288 bits per heavy atom. The molecule has 0 aromatic rings. The molecule has 0 bridgehead atoms. The quantitative estimate of drug-likeness (QED) is 0.0261. The Bertz CT molecular complexity index is 1400. The van der Waals surface area contributed by atoms with Crippen LogP contribution in [-0.4, -0.2) is 37.2 Å². The van der Waals surface area contributed by atoms with E-state index in [0.717, 1.165) is 109 Å². The summed E-state index contributed by atoms with van der Waals surface area (Å²) in [4.78, 5) is 38.2. The maximum absolute atomic E-state index is 12.9. The van der Waals surface area contributed by atoms with Crippen molar-refractivity contribution in [2.45, 2.75) is 309 Å². The van der Waals surface area contributed by atoms with Gasteiger partial charge < -0.3 is 14.2 Å². The van der Waals surface area contributed by atoms with Gasteiger partial charge in [-0.25, -0.2) is 0 Å². The molecule has 0 aromatic carbocycles. The Kier molecular flexibility index (Phi) is 58.3. The summed E-state index contributed by atoms with van der Waals surface area (Å²) in [6.07, 6.45) is 80.2. The largest absolute Gasteiger partial charge is 0.462 e. The first-order valence-corrected chi connectivity index (χ1v) is 31.1. The average molecular weight is 1020 g/mol.